The average molecular weight is 260 g/mol. The van der Waals surface area contributed by atoms with Crippen LogP contribution in [0.15, 0.2) is 60.7 Å². The molecule has 0 unspecified atom stereocenters. The molecule has 0 amide bonds. The largest absolute Gasteiger partial charge is 0.178 e. The maximum absolute atomic E-state index is 4.56. The van der Waals surface area contributed by atoms with Crippen LogP contribution in [0.2, 0.25) is 0 Å². The molecule has 0 bridgehead atoms. The minimum absolute atomic E-state index is 0.102. The molecule has 2 heteroatoms. The molecule has 2 aromatic carbocycles. The molecule has 0 fully saturated rings. The number of hydrogen-bond donors (Lipinski definition) is 2. The van der Waals surface area contributed by atoms with Gasteiger partial charge in [-0.3, -0.25) is 0 Å². The molecule has 0 spiro atoms. The Morgan fingerprint density at radius 3 is 1.29 bits per heavy atom. The Labute approximate surface area is 114 Å². The van der Waals surface area contributed by atoms with Gasteiger partial charge in [-0.25, -0.2) is 0 Å². The Kier molecular flexibility index (Phi) is 4.19. The zero-order chi connectivity index (χ0) is 12.1. The molecule has 0 aliphatic heterocycles. The van der Waals surface area contributed by atoms with E-state index < -0.39 is 0 Å². The summed E-state index contributed by atoms with van der Waals surface area (Å²) in [5.74, 6) is 1.51. The lowest BCUT2D eigenvalue weighted by Gasteiger charge is -2.32. The number of benzene rings is 2. The van der Waals surface area contributed by atoms with Gasteiger partial charge in [0.1, 0.15) is 0 Å². The Morgan fingerprint density at radius 1 is 0.647 bits per heavy atom. The fraction of sp³-hybridized carbons (Fsp3) is 0.200. The van der Waals surface area contributed by atoms with Crippen LogP contribution in [-0.4, -0.2) is 11.5 Å². The predicted octanol–water partition coefficient (Wildman–Crippen LogP) is 3.83. The fourth-order valence-corrected chi connectivity index (χ4v) is 3.23. The van der Waals surface area contributed by atoms with Crippen LogP contribution >= 0.6 is 25.3 Å². The Bertz CT molecular complexity index is 405. The summed E-state index contributed by atoms with van der Waals surface area (Å²) < 4.78 is 0. The number of thiol groups is 2. The summed E-state index contributed by atoms with van der Waals surface area (Å²) in [7, 11) is 0. The molecule has 0 N–H and O–H groups in total. The average Bonchev–Trinajstić information content (AvgIpc) is 2.43. The van der Waals surface area contributed by atoms with Gasteiger partial charge < -0.3 is 0 Å². The highest BCUT2D eigenvalue weighted by Crippen LogP contribution is 2.34. The molecule has 0 atom stereocenters. The molecule has 0 saturated carbocycles. The van der Waals surface area contributed by atoms with Gasteiger partial charge >= 0.3 is 0 Å². The van der Waals surface area contributed by atoms with Gasteiger partial charge in [0.2, 0.25) is 0 Å². The van der Waals surface area contributed by atoms with Crippen LogP contribution in [-0.2, 0) is 5.41 Å². The zero-order valence-corrected chi connectivity index (χ0v) is 11.4. The minimum atomic E-state index is -0.102. The van der Waals surface area contributed by atoms with E-state index in [1.807, 2.05) is 12.1 Å². The maximum atomic E-state index is 4.56. The van der Waals surface area contributed by atoms with Crippen molar-refractivity contribution in [3.8, 4) is 0 Å². The summed E-state index contributed by atoms with van der Waals surface area (Å²) in [6, 6.07) is 21.0. The van der Waals surface area contributed by atoms with Crippen molar-refractivity contribution in [1.82, 2.24) is 0 Å². The Morgan fingerprint density at radius 2 is 1.00 bits per heavy atom. The second kappa shape index (κ2) is 5.65. The molecule has 0 nitrogen and oxygen atoms in total. The summed E-state index contributed by atoms with van der Waals surface area (Å²) in [5, 5.41) is 0. The van der Waals surface area contributed by atoms with Crippen molar-refractivity contribution >= 4 is 25.3 Å². The normalized spacial score (nSPS) is 11.4. The van der Waals surface area contributed by atoms with Crippen molar-refractivity contribution in [3.05, 3.63) is 71.8 Å². The quantitative estimate of drug-likeness (QED) is 0.767. The van der Waals surface area contributed by atoms with Crippen LogP contribution in [0, 0.1) is 0 Å². The first-order valence-corrected chi connectivity index (χ1v) is 6.93. The second-order valence-electron chi connectivity index (χ2n) is 4.13. The molecule has 17 heavy (non-hydrogen) atoms. The van der Waals surface area contributed by atoms with Gasteiger partial charge in [-0.2, -0.15) is 25.3 Å². The third-order valence-electron chi connectivity index (χ3n) is 3.19. The number of hydrogen-bond acceptors (Lipinski definition) is 2. The smallest absolute Gasteiger partial charge is 0.0378 e. The van der Waals surface area contributed by atoms with Crippen LogP contribution in [0.5, 0.6) is 0 Å². The van der Waals surface area contributed by atoms with E-state index in [9.17, 15) is 0 Å². The van der Waals surface area contributed by atoms with Crippen LogP contribution < -0.4 is 0 Å². The molecule has 0 aliphatic rings. The van der Waals surface area contributed by atoms with Gasteiger partial charge in [0, 0.05) is 16.9 Å². The summed E-state index contributed by atoms with van der Waals surface area (Å²) in [5.41, 5.74) is 2.45. The molecule has 0 saturated heterocycles. The number of rotatable bonds is 4. The van der Waals surface area contributed by atoms with Crippen molar-refractivity contribution < 1.29 is 0 Å². The molecule has 88 valence electrons. The summed E-state index contributed by atoms with van der Waals surface area (Å²) >= 11 is 9.11. The molecule has 2 rings (SSSR count). The van der Waals surface area contributed by atoms with Crippen molar-refractivity contribution in [3.63, 3.8) is 0 Å². The van der Waals surface area contributed by atoms with E-state index in [0.717, 1.165) is 11.5 Å². The lowest BCUT2D eigenvalue weighted by atomic mass is 9.78. The highest BCUT2D eigenvalue weighted by Gasteiger charge is 2.31. The highest BCUT2D eigenvalue weighted by atomic mass is 32.1. The summed E-state index contributed by atoms with van der Waals surface area (Å²) in [6.45, 7) is 0. The van der Waals surface area contributed by atoms with Crippen LogP contribution in [0.4, 0.5) is 0 Å². The molecular weight excluding hydrogens is 244 g/mol. The lowest BCUT2D eigenvalue weighted by Crippen LogP contribution is -2.32. The Hall–Kier alpha value is -0.860. The molecular formula is C15H16S2. The molecule has 0 heterocycles. The SMILES string of the molecule is SCC(CS)(c1ccccc1)c1ccccc1. The molecule has 0 radical (unpaired) electrons. The van der Waals surface area contributed by atoms with E-state index in [1.54, 1.807) is 0 Å². The molecule has 0 aliphatic carbocycles. The van der Waals surface area contributed by atoms with E-state index in [4.69, 9.17) is 0 Å². The molecule has 0 aromatic heterocycles. The third kappa shape index (κ3) is 2.38. The zero-order valence-electron chi connectivity index (χ0n) is 9.58. The first-order chi connectivity index (χ1) is 8.33. The van der Waals surface area contributed by atoms with Crippen molar-refractivity contribution in [1.29, 1.82) is 0 Å². The van der Waals surface area contributed by atoms with E-state index in [1.165, 1.54) is 11.1 Å². The van der Waals surface area contributed by atoms with Gasteiger partial charge in [0.25, 0.3) is 0 Å². The summed E-state index contributed by atoms with van der Waals surface area (Å²) in [4.78, 5) is 0. The fourth-order valence-electron chi connectivity index (χ4n) is 2.10. The van der Waals surface area contributed by atoms with Crippen LogP contribution in [0.3, 0.4) is 0 Å². The van der Waals surface area contributed by atoms with Crippen molar-refractivity contribution in [2.75, 3.05) is 11.5 Å². The Balaban J connectivity index is 2.54. The van der Waals surface area contributed by atoms with Gasteiger partial charge in [-0.1, -0.05) is 60.7 Å². The van der Waals surface area contributed by atoms with Gasteiger partial charge in [-0.05, 0) is 11.1 Å². The van der Waals surface area contributed by atoms with E-state index in [0.29, 0.717) is 0 Å². The third-order valence-corrected chi connectivity index (χ3v) is 4.27. The van der Waals surface area contributed by atoms with E-state index in [-0.39, 0.29) is 5.41 Å². The van der Waals surface area contributed by atoms with Gasteiger partial charge in [-0.15, -0.1) is 0 Å². The standard InChI is InChI=1S/C15H16S2/c16-11-15(12-17,13-7-3-1-4-8-13)14-9-5-2-6-10-14/h1-10,16-17H,11-12H2. The van der Waals surface area contributed by atoms with Gasteiger partial charge in [0.05, 0.1) is 0 Å². The topological polar surface area (TPSA) is 0 Å². The van der Waals surface area contributed by atoms with Crippen molar-refractivity contribution in [2.45, 2.75) is 5.41 Å². The maximum Gasteiger partial charge on any atom is 0.0378 e. The van der Waals surface area contributed by atoms with Crippen LogP contribution in [0.1, 0.15) is 11.1 Å². The van der Waals surface area contributed by atoms with Crippen LogP contribution in [0.25, 0.3) is 0 Å². The highest BCUT2D eigenvalue weighted by molar-refractivity contribution is 7.81. The monoisotopic (exact) mass is 260 g/mol. The lowest BCUT2D eigenvalue weighted by molar-refractivity contribution is 0.669. The van der Waals surface area contributed by atoms with Crippen molar-refractivity contribution in [2.24, 2.45) is 0 Å². The van der Waals surface area contributed by atoms with Gasteiger partial charge in [0.15, 0.2) is 0 Å². The minimum Gasteiger partial charge on any atom is -0.178 e. The second-order valence-corrected chi connectivity index (χ2v) is 4.76. The predicted molar refractivity (Wildman–Crippen MR) is 81.4 cm³/mol. The summed E-state index contributed by atoms with van der Waals surface area (Å²) in [6.07, 6.45) is 0. The van der Waals surface area contributed by atoms with E-state index >= 15 is 0 Å². The first kappa shape index (κ1) is 12.6. The molecule has 2 aromatic rings. The van der Waals surface area contributed by atoms with E-state index in [2.05, 4.69) is 73.8 Å². The first-order valence-electron chi connectivity index (χ1n) is 5.66.